The maximum absolute atomic E-state index is 10.5. The lowest BCUT2D eigenvalue weighted by Crippen LogP contribution is -2.00. The van der Waals surface area contributed by atoms with Crippen LogP contribution < -0.4 is 0 Å². The standard InChI is InChI=1S/2C7H7NO2.C7H10O2.C6H4N2/c1-6(5-8)3-4-7(9)10-2;1-6(4-3-5-8)7(9)10-2;1-4-5-6(2)7(8)9-3;1-6(5-8)3-2-4-7/h2*3-4H,1H2,2H3;4-5H,2H2,1,3H3;2-3H,1H2/b2*4-3+;5-4+;3-2+. The van der Waals surface area contributed by atoms with Crippen LogP contribution in [0.25, 0.3) is 0 Å². The Morgan fingerprint density at radius 3 is 1.38 bits per heavy atom. The van der Waals surface area contributed by atoms with Gasteiger partial charge in [0.25, 0.3) is 0 Å². The minimum Gasteiger partial charge on any atom is -0.466 e. The van der Waals surface area contributed by atoms with Crippen molar-refractivity contribution >= 4 is 17.9 Å². The molecule has 0 saturated heterocycles. The Labute approximate surface area is 217 Å². The van der Waals surface area contributed by atoms with Crippen molar-refractivity contribution in [1.29, 1.82) is 21.0 Å². The minimum absolute atomic E-state index is 0.170. The van der Waals surface area contributed by atoms with Crippen molar-refractivity contribution in [1.82, 2.24) is 0 Å². The van der Waals surface area contributed by atoms with Crippen LogP contribution in [0.1, 0.15) is 6.92 Å². The first kappa shape index (κ1) is 38.5. The largest absolute Gasteiger partial charge is 0.466 e. The normalized spacial score (nSPS) is 8.76. The molecule has 0 unspecified atom stereocenters. The van der Waals surface area contributed by atoms with Gasteiger partial charge in [0.1, 0.15) is 0 Å². The van der Waals surface area contributed by atoms with E-state index in [1.807, 2.05) is 6.92 Å². The highest BCUT2D eigenvalue weighted by molar-refractivity contribution is 5.91. The summed E-state index contributed by atoms with van der Waals surface area (Å²) in [4.78, 5) is 31.4. The molecule has 0 rings (SSSR count). The van der Waals surface area contributed by atoms with Gasteiger partial charge in [0, 0.05) is 29.4 Å². The van der Waals surface area contributed by atoms with Crippen LogP contribution in [0.2, 0.25) is 0 Å². The Bertz CT molecular complexity index is 1110. The SMILES string of the molecule is C=C(/C=C/C#N)C(=O)OC.C=C(/C=C/C)C(=O)OC.C=C(C#N)/C=C/C#N.C=C(C#N)/C=C/C(=O)OC. The summed E-state index contributed by atoms with van der Waals surface area (Å²) in [5.41, 5.74) is 1.07. The Morgan fingerprint density at radius 1 is 0.622 bits per heavy atom. The van der Waals surface area contributed by atoms with Crippen molar-refractivity contribution in [2.75, 3.05) is 21.3 Å². The summed E-state index contributed by atoms with van der Waals surface area (Å²) >= 11 is 0. The van der Waals surface area contributed by atoms with Crippen molar-refractivity contribution in [3.8, 4) is 24.3 Å². The zero-order valence-electron chi connectivity index (χ0n) is 21.2. The number of carbonyl (C=O) groups excluding carboxylic acids is 3. The number of hydrogen-bond acceptors (Lipinski definition) is 10. The summed E-state index contributed by atoms with van der Waals surface area (Å²) in [5, 5.41) is 32.2. The van der Waals surface area contributed by atoms with Crippen LogP contribution in [0.5, 0.6) is 0 Å². The predicted octanol–water partition coefficient (Wildman–Crippen LogP) is 4.03. The molecular weight excluding hydrogens is 476 g/mol. The highest BCUT2D eigenvalue weighted by atomic mass is 16.5. The van der Waals surface area contributed by atoms with Gasteiger partial charge in [0.05, 0.1) is 56.8 Å². The number of nitrogens with zero attached hydrogens (tertiary/aromatic N) is 4. The van der Waals surface area contributed by atoms with Gasteiger partial charge >= 0.3 is 17.9 Å². The molecule has 0 spiro atoms. The van der Waals surface area contributed by atoms with Crippen LogP contribution in [0.4, 0.5) is 0 Å². The number of carbonyl (C=O) groups is 3. The van der Waals surface area contributed by atoms with Crippen LogP contribution in [-0.4, -0.2) is 39.2 Å². The number of rotatable bonds is 7. The third-order valence-corrected chi connectivity index (χ3v) is 2.89. The van der Waals surface area contributed by atoms with Crippen molar-refractivity contribution in [3.05, 3.63) is 97.2 Å². The lowest BCUT2D eigenvalue weighted by Gasteiger charge is -1.93. The van der Waals surface area contributed by atoms with E-state index in [1.54, 1.807) is 36.4 Å². The van der Waals surface area contributed by atoms with Gasteiger partial charge < -0.3 is 14.2 Å². The maximum Gasteiger partial charge on any atom is 0.337 e. The smallest absolute Gasteiger partial charge is 0.337 e. The van der Waals surface area contributed by atoms with E-state index < -0.39 is 11.9 Å². The Balaban J connectivity index is -0.000000197. The highest BCUT2D eigenvalue weighted by Gasteiger charge is 2.00. The molecule has 192 valence electrons. The monoisotopic (exact) mass is 504 g/mol. The average molecular weight is 505 g/mol. The molecule has 0 aliphatic rings. The maximum atomic E-state index is 10.5. The van der Waals surface area contributed by atoms with E-state index in [4.69, 9.17) is 21.0 Å². The summed E-state index contributed by atoms with van der Waals surface area (Å²) in [6.45, 7) is 15.3. The number of ether oxygens (including phenoxy) is 3. The number of esters is 3. The molecule has 0 atom stereocenters. The summed E-state index contributed by atoms with van der Waals surface area (Å²) in [5.74, 6) is -1.39. The van der Waals surface area contributed by atoms with Gasteiger partial charge in [-0.1, -0.05) is 38.5 Å². The van der Waals surface area contributed by atoms with Gasteiger partial charge in [-0.05, 0) is 25.2 Å². The third-order valence-electron chi connectivity index (χ3n) is 2.89. The van der Waals surface area contributed by atoms with Crippen molar-refractivity contribution in [2.24, 2.45) is 0 Å². The third kappa shape index (κ3) is 30.3. The van der Waals surface area contributed by atoms with Gasteiger partial charge in [-0.3, -0.25) is 0 Å². The van der Waals surface area contributed by atoms with Gasteiger partial charge in [0.15, 0.2) is 0 Å². The molecule has 0 aromatic rings. The molecule has 0 N–H and O–H groups in total. The first-order valence-corrected chi connectivity index (χ1v) is 9.69. The quantitative estimate of drug-likeness (QED) is 0.162. The Hall–Kier alpha value is -5.71. The van der Waals surface area contributed by atoms with E-state index in [9.17, 15) is 14.4 Å². The zero-order chi connectivity index (χ0) is 29.6. The second-order valence-corrected chi connectivity index (χ2v) is 5.59. The van der Waals surface area contributed by atoms with Crippen LogP contribution in [0.15, 0.2) is 97.2 Å². The minimum atomic E-state index is -0.522. The summed E-state index contributed by atoms with van der Waals surface area (Å²) in [6, 6.07) is 6.99. The van der Waals surface area contributed by atoms with E-state index in [-0.39, 0.29) is 17.1 Å². The number of allylic oxidation sites excluding steroid dienone is 7. The molecule has 0 bridgehead atoms. The van der Waals surface area contributed by atoms with E-state index in [0.29, 0.717) is 11.1 Å². The average Bonchev–Trinajstić information content (AvgIpc) is 2.92. The van der Waals surface area contributed by atoms with Gasteiger partial charge in [0.2, 0.25) is 0 Å². The van der Waals surface area contributed by atoms with Crippen LogP contribution in [0, 0.1) is 45.3 Å². The lowest BCUT2D eigenvalue weighted by atomic mass is 10.3. The van der Waals surface area contributed by atoms with Crippen molar-refractivity contribution in [2.45, 2.75) is 6.92 Å². The fourth-order valence-corrected chi connectivity index (χ4v) is 1.19. The second kappa shape index (κ2) is 28.3. The second-order valence-electron chi connectivity index (χ2n) is 5.59. The lowest BCUT2D eigenvalue weighted by molar-refractivity contribution is -0.136. The number of methoxy groups -OCH3 is 3. The summed E-state index contributed by atoms with van der Waals surface area (Å²) in [7, 11) is 3.85. The summed E-state index contributed by atoms with van der Waals surface area (Å²) < 4.78 is 13.0. The summed E-state index contributed by atoms with van der Waals surface area (Å²) in [6.07, 6.45) is 10.8. The molecule has 0 aliphatic heterocycles. The van der Waals surface area contributed by atoms with Crippen molar-refractivity contribution in [3.63, 3.8) is 0 Å². The molecule has 0 fully saturated rings. The molecule has 0 aromatic carbocycles. The zero-order valence-corrected chi connectivity index (χ0v) is 21.2. The molecule has 0 amide bonds. The van der Waals surface area contributed by atoms with Gasteiger partial charge in [-0.15, -0.1) is 0 Å². The first-order chi connectivity index (χ1) is 17.4. The fraction of sp³-hybridized carbons (Fsp3) is 0.148. The first-order valence-electron chi connectivity index (χ1n) is 9.69. The van der Waals surface area contributed by atoms with Crippen LogP contribution >= 0.6 is 0 Å². The van der Waals surface area contributed by atoms with E-state index in [1.165, 1.54) is 51.7 Å². The number of hydrogen-bond donors (Lipinski definition) is 0. The predicted molar refractivity (Wildman–Crippen MR) is 137 cm³/mol. The topological polar surface area (TPSA) is 174 Å². The molecular formula is C27H28N4O6. The Morgan fingerprint density at radius 2 is 1.03 bits per heavy atom. The molecule has 0 aromatic heterocycles. The molecule has 0 aliphatic carbocycles. The van der Waals surface area contributed by atoms with Gasteiger partial charge in [-0.25, -0.2) is 14.4 Å². The molecule has 10 nitrogen and oxygen atoms in total. The van der Waals surface area contributed by atoms with Crippen LogP contribution in [0.3, 0.4) is 0 Å². The van der Waals surface area contributed by atoms with E-state index in [0.717, 1.165) is 6.08 Å². The van der Waals surface area contributed by atoms with Gasteiger partial charge in [-0.2, -0.15) is 21.0 Å². The fourth-order valence-electron chi connectivity index (χ4n) is 1.19. The number of nitriles is 4. The van der Waals surface area contributed by atoms with Crippen molar-refractivity contribution < 1.29 is 28.6 Å². The molecule has 37 heavy (non-hydrogen) atoms. The molecule has 0 radical (unpaired) electrons. The van der Waals surface area contributed by atoms with Crippen LogP contribution in [-0.2, 0) is 28.6 Å². The molecule has 0 saturated carbocycles. The molecule has 10 heteroatoms. The van der Waals surface area contributed by atoms with E-state index >= 15 is 0 Å². The highest BCUT2D eigenvalue weighted by Crippen LogP contribution is 1.95. The molecule has 0 heterocycles. The Kier molecular flexibility index (Phi) is 29.5. The van der Waals surface area contributed by atoms with E-state index in [2.05, 4.69) is 40.5 Å².